The number of fused-ring (bicyclic) bond motifs is 1. The number of hydrogen-bond acceptors (Lipinski definition) is 6. The first-order valence-corrected chi connectivity index (χ1v) is 9.65. The number of aromatic carboxylic acids is 1. The van der Waals surface area contributed by atoms with E-state index in [2.05, 4.69) is 22.4 Å². The molecule has 3 aromatic rings. The van der Waals surface area contributed by atoms with Crippen molar-refractivity contribution in [1.29, 1.82) is 5.26 Å². The highest BCUT2D eigenvalue weighted by atomic mass is 32.1. The van der Waals surface area contributed by atoms with Gasteiger partial charge in [0.1, 0.15) is 16.7 Å². The zero-order valence-corrected chi connectivity index (χ0v) is 15.7. The van der Waals surface area contributed by atoms with Gasteiger partial charge in [-0.05, 0) is 41.8 Å². The number of ether oxygens (including phenoxy) is 1. The van der Waals surface area contributed by atoms with Crippen LogP contribution >= 0.6 is 11.3 Å². The molecule has 7 heteroatoms. The van der Waals surface area contributed by atoms with E-state index in [0.717, 1.165) is 28.2 Å². The number of nitrogens with one attached hydrogen (secondary N) is 1. The molecular weight excluding hydrogens is 374 g/mol. The molecule has 0 saturated heterocycles. The molecule has 1 aliphatic heterocycles. The first kappa shape index (κ1) is 18.0. The molecule has 6 nitrogen and oxygen atoms in total. The van der Waals surface area contributed by atoms with E-state index in [-0.39, 0.29) is 11.5 Å². The molecule has 0 fully saturated rings. The molecule has 1 atom stereocenters. The Kier molecular flexibility index (Phi) is 4.96. The van der Waals surface area contributed by atoms with Crippen LogP contribution in [0, 0.1) is 11.3 Å². The molecule has 0 saturated carbocycles. The third-order valence-electron chi connectivity index (χ3n) is 4.77. The van der Waals surface area contributed by atoms with Gasteiger partial charge in [-0.3, -0.25) is 4.98 Å². The van der Waals surface area contributed by atoms with Gasteiger partial charge in [-0.2, -0.15) is 5.26 Å². The van der Waals surface area contributed by atoms with E-state index in [1.807, 2.05) is 24.3 Å². The SMILES string of the molecule is N#Cc1ccc(-c2ccc3c(c2)OCC[C@@H]3CNc2cnccc2C(=O)O)s1. The number of carboxylic acids is 1. The molecule has 2 aromatic heterocycles. The number of aromatic nitrogens is 1. The number of anilines is 1. The Hall–Kier alpha value is -3.37. The Morgan fingerprint density at radius 2 is 2.25 bits per heavy atom. The maximum Gasteiger partial charge on any atom is 0.337 e. The number of benzene rings is 1. The average Bonchev–Trinajstić information content (AvgIpc) is 3.21. The van der Waals surface area contributed by atoms with Crippen molar-refractivity contribution in [3.05, 3.63) is 64.8 Å². The summed E-state index contributed by atoms with van der Waals surface area (Å²) >= 11 is 1.46. The van der Waals surface area contributed by atoms with Gasteiger partial charge in [0, 0.05) is 23.5 Å². The Morgan fingerprint density at radius 3 is 3.04 bits per heavy atom. The molecule has 3 heterocycles. The molecule has 140 valence electrons. The fourth-order valence-corrected chi connectivity index (χ4v) is 4.14. The lowest BCUT2D eigenvalue weighted by Crippen LogP contribution is -2.21. The van der Waals surface area contributed by atoms with Gasteiger partial charge in [0.15, 0.2) is 0 Å². The van der Waals surface area contributed by atoms with Crippen molar-refractivity contribution in [2.75, 3.05) is 18.5 Å². The van der Waals surface area contributed by atoms with Crippen molar-refractivity contribution in [2.45, 2.75) is 12.3 Å². The maximum absolute atomic E-state index is 11.4. The lowest BCUT2D eigenvalue weighted by atomic mass is 9.91. The van der Waals surface area contributed by atoms with Crippen LogP contribution in [0.25, 0.3) is 10.4 Å². The van der Waals surface area contributed by atoms with Crippen molar-refractivity contribution < 1.29 is 14.6 Å². The van der Waals surface area contributed by atoms with Crippen LogP contribution in [0.2, 0.25) is 0 Å². The van der Waals surface area contributed by atoms with Crippen LogP contribution in [0.4, 0.5) is 5.69 Å². The van der Waals surface area contributed by atoms with E-state index < -0.39 is 5.97 Å². The Balaban J connectivity index is 1.55. The van der Waals surface area contributed by atoms with Crippen molar-refractivity contribution >= 4 is 23.0 Å². The second-order valence-corrected chi connectivity index (χ2v) is 7.55. The third-order valence-corrected chi connectivity index (χ3v) is 5.81. The summed E-state index contributed by atoms with van der Waals surface area (Å²) in [4.78, 5) is 17.1. The highest BCUT2D eigenvalue weighted by Crippen LogP contribution is 2.38. The van der Waals surface area contributed by atoms with Gasteiger partial charge in [0.25, 0.3) is 0 Å². The van der Waals surface area contributed by atoms with Gasteiger partial charge in [-0.15, -0.1) is 11.3 Å². The van der Waals surface area contributed by atoms with E-state index in [1.54, 1.807) is 0 Å². The van der Waals surface area contributed by atoms with Crippen LogP contribution in [0.15, 0.2) is 48.8 Å². The summed E-state index contributed by atoms with van der Waals surface area (Å²) in [7, 11) is 0. The van der Waals surface area contributed by atoms with Crippen LogP contribution in [-0.4, -0.2) is 29.2 Å². The fourth-order valence-electron chi connectivity index (χ4n) is 3.34. The molecule has 4 rings (SSSR count). The quantitative estimate of drug-likeness (QED) is 0.671. The zero-order chi connectivity index (χ0) is 19.5. The van der Waals surface area contributed by atoms with Crippen molar-refractivity contribution in [2.24, 2.45) is 0 Å². The van der Waals surface area contributed by atoms with E-state index in [1.165, 1.54) is 29.8 Å². The highest BCUT2D eigenvalue weighted by molar-refractivity contribution is 7.16. The van der Waals surface area contributed by atoms with E-state index in [4.69, 9.17) is 10.00 Å². The second-order valence-electron chi connectivity index (χ2n) is 6.47. The van der Waals surface area contributed by atoms with E-state index in [9.17, 15) is 9.90 Å². The summed E-state index contributed by atoms with van der Waals surface area (Å²) in [6, 6.07) is 13.5. The van der Waals surface area contributed by atoms with Crippen molar-refractivity contribution in [1.82, 2.24) is 4.98 Å². The molecule has 28 heavy (non-hydrogen) atoms. The molecule has 1 aliphatic rings. The summed E-state index contributed by atoms with van der Waals surface area (Å²) in [5.74, 6) is 0.0689. The fraction of sp³-hybridized carbons (Fsp3) is 0.190. The standard InChI is InChI=1S/C21H17N3O3S/c22-10-15-2-4-20(28-15)13-1-3-16-14(6-8-27-19(16)9-13)11-24-18-12-23-7-5-17(18)21(25)26/h1-5,7,9,12,14,24H,6,8,11H2,(H,25,26)/t14-/m1/s1. The van der Waals surface area contributed by atoms with Gasteiger partial charge in [-0.1, -0.05) is 12.1 Å². The highest BCUT2D eigenvalue weighted by Gasteiger charge is 2.23. The molecule has 0 aliphatic carbocycles. The molecule has 0 bridgehead atoms. The predicted molar refractivity (Wildman–Crippen MR) is 107 cm³/mol. The number of rotatable bonds is 5. The number of hydrogen-bond donors (Lipinski definition) is 2. The van der Waals surface area contributed by atoms with Crippen LogP contribution < -0.4 is 10.1 Å². The number of pyridine rings is 1. The number of nitriles is 1. The van der Waals surface area contributed by atoms with E-state index in [0.29, 0.717) is 23.7 Å². The van der Waals surface area contributed by atoms with Gasteiger partial charge < -0.3 is 15.2 Å². The minimum absolute atomic E-state index is 0.206. The molecular formula is C21H17N3O3S. The summed E-state index contributed by atoms with van der Waals surface area (Å²) in [5, 5.41) is 21.6. The summed E-state index contributed by atoms with van der Waals surface area (Å²) in [6.45, 7) is 1.20. The first-order chi connectivity index (χ1) is 13.7. The molecule has 0 unspecified atom stereocenters. The normalized spacial score (nSPS) is 15.2. The Bertz CT molecular complexity index is 1070. The van der Waals surface area contributed by atoms with Gasteiger partial charge in [0.2, 0.25) is 0 Å². The molecule has 0 amide bonds. The zero-order valence-electron chi connectivity index (χ0n) is 14.9. The maximum atomic E-state index is 11.4. The molecule has 0 spiro atoms. The van der Waals surface area contributed by atoms with Crippen LogP contribution in [-0.2, 0) is 0 Å². The minimum Gasteiger partial charge on any atom is -0.493 e. The topological polar surface area (TPSA) is 95.2 Å². The van der Waals surface area contributed by atoms with Crippen LogP contribution in [0.5, 0.6) is 5.75 Å². The van der Waals surface area contributed by atoms with Gasteiger partial charge in [0.05, 0.1) is 24.1 Å². The predicted octanol–water partition coefficient (Wildman–Crippen LogP) is 4.36. The van der Waals surface area contributed by atoms with Crippen molar-refractivity contribution in [3.8, 4) is 22.3 Å². The summed E-state index contributed by atoms with van der Waals surface area (Å²) in [5.41, 5.74) is 2.85. The average molecular weight is 391 g/mol. The Morgan fingerprint density at radius 1 is 1.36 bits per heavy atom. The number of nitrogens with zero attached hydrogens (tertiary/aromatic N) is 2. The molecule has 2 N–H and O–H groups in total. The monoisotopic (exact) mass is 391 g/mol. The molecule has 1 aromatic carbocycles. The summed E-state index contributed by atoms with van der Waals surface area (Å²) in [6.07, 6.45) is 3.86. The van der Waals surface area contributed by atoms with Crippen molar-refractivity contribution in [3.63, 3.8) is 0 Å². The lowest BCUT2D eigenvalue weighted by Gasteiger charge is -2.27. The molecule has 0 radical (unpaired) electrons. The summed E-state index contributed by atoms with van der Waals surface area (Å²) < 4.78 is 5.87. The van der Waals surface area contributed by atoms with Gasteiger partial charge >= 0.3 is 5.97 Å². The van der Waals surface area contributed by atoms with Crippen LogP contribution in [0.3, 0.4) is 0 Å². The Labute approximate surface area is 166 Å². The van der Waals surface area contributed by atoms with E-state index >= 15 is 0 Å². The second kappa shape index (κ2) is 7.71. The lowest BCUT2D eigenvalue weighted by molar-refractivity contribution is 0.0697. The smallest absolute Gasteiger partial charge is 0.337 e. The largest absolute Gasteiger partial charge is 0.493 e. The first-order valence-electron chi connectivity index (χ1n) is 8.84. The third kappa shape index (κ3) is 3.55. The number of carbonyl (C=O) groups is 1. The minimum atomic E-state index is -0.977. The van der Waals surface area contributed by atoms with Crippen LogP contribution in [0.1, 0.15) is 33.1 Å². The number of thiophene rings is 1. The number of carboxylic acid groups (broad SMARTS) is 1. The van der Waals surface area contributed by atoms with Gasteiger partial charge in [-0.25, -0.2) is 4.79 Å².